The molecule has 0 unspecified atom stereocenters. The van der Waals surface area contributed by atoms with E-state index in [1.807, 2.05) is 19.1 Å². The summed E-state index contributed by atoms with van der Waals surface area (Å²) in [5, 5.41) is 14.0. The molecule has 0 spiro atoms. The molecule has 3 rings (SSSR count). The second-order valence-electron chi connectivity index (χ2n) is 5.99. The molecule has 0 aliphatic carbocycles. The topological polar surface area (TPSA) is 66.4 Å². The Balaban J connectivity index is 1.94. The Morgan fingerprint density at radius 3 is 2.46 bits per heavy atom. The molecule has 2 N–H and O–H groups in total. The lowest BCUT2D eigenvalue weighted by molar-refractivity contribution is 0.473. The Bertz CT molecular complexity index is 931. The van der Waals surface area contributed by atoms with Crippen LogP contribution in [0.25, 0.3) is 5.57 Å². The van der Waals surface area contributed by atoms with E-state index in [9.17, 15) is 13.5 Å². The average molecular weight is 364 g/mol. The van der Waals surface area contributed by atoms with E-state index in [4.69, 9.17) is 11.6 Å². The molecule has 2 aromatic rings. The van der Waals surface area contributed by atoms with Crippen LogP contribution in [0.3, 0.4) is 0 Å². The molecule has 0 atom stereocenters. The average Bonchev–Trinajstić information content (AvgIpc) is 2.53. The molecule has 0 saturated carbocycles. The quantitative estimate of drug-likeness (QED) is 0.868. The van der Waals surface area contributed by atoms with E-state index in [0.29, 0.717) is 22.9 Å². The molecule has 1 heterocycles. The molecule has 0 amide bonds. The van der Waals surface area contributed by atoms with Crippen LogP contribution >= 0.6 is 11.6 Å². The number of hydrogen-bond donors (Lipinski definition) is 2. The third kappa shape index (κ3) is 3.14. The maximum atomic E-state index is 11.5. The van der Waals surface area contributed by atoms with Crippen LogP contribution in [-0.2, 0) is 16.3 Å². The van der Waals surface area contributed by atoms with Gasteiger partial charge in [-0.15, -0.1) is 0 Å². The van der Waals surface area contributed by atoms with Crippen LogP contribution in [0.15, 0.2) is 46.9 Å². The van der Waals surface area contributed by atoms with Gasteiger partial charge in [-0.3, -0.25) is 0 Å². The summed E-state index contributed by atoms with van der Waals surface area (Å²) in [6.45, 7) is 2.60. The fourth-order valence-corrected chi connectivity index (χ4v) is 3.77. The number of rotatable bonds is 3. The third-order valence-corrected chi connectivity index (χ3v) is 5.73. The number of anilines is 1. The SMILES string of the molecule is CC1=C(Cc2ccc(S(C)(=O)=O)cc2)CNc2c(Cl)ccc(O)c21. The number of halogens is 1. The van der Waals surface area contributed by atoms with Gasteiger partial charge in [0, 0.05) is 18.4 Å². The Hall–Kier alpha value is -1.98. The molecular weight excluding hydrogens is 346 g/mol. The van der Waals surface area contributed by atoms with E-state index < -0.39 is 9.84 Å². The summed E-state index contributed by atoms with van der Waals surface area (Å²) in [6, 6.07) is 10.2. The number of fused-ring (bicyclic) bond motifs is 1. The molecule has 0 aromatic heterocycles. The lowest BCUT2D eigenvalue weighted by Gasteiger charge is -2.25. The van der Waals surface area contributed by atoms with Gasteiger partial charge in [-0.25, -0.2) is 8.42 Å². The molecule has 1 aliphatic heterocycles. The first-order valence-corrected chi connectivity index (χ1v) is 9.77. The van der Waals surface area contributed by atoms with E-state index in [2.05, 4.69) is 5.32 Å². The van der Waals surface area contributed by atoms with Crippen molar-refractivity contribution in [2.75, 3.05) is 18.1 Å². The summed E-state index contributed by atoms with van der Waals surface area (Å²) in [7, 11) is -3.19. The monoisotopic (exact) mass is 363 g/mol. The molecule has 0 saturated heterocycles. The summed E-state index contributed by atoms with van der Waals surface area (Å²) in [6.07, 6.45) is 1.87. The van der Waals surface area contributed by atoms with Crippen LogP contribution in [0.1, 0.15) is 18.1 Å². The fraction of sp³-hybridized carbons (Fsp3) is 0.222. The first-order chi connectivity index (χ1) is 11.3. The van der Waals surface area contributed by atoms with Crippen molar-refractivity contribution in [3.8, 4) is 5.75 Å². The minimum Gasteiger partial charge on any atom is -0.507 e. The van der Waals surface area contributed by atoms with Crippen molar-refractivity contribution in [3.63, 3.8) is 0 Å². The molecule has 2 aromatic carbocycles. The van der Waals surface area contributed by atoms with Crippen LogP contribution < -0.4 is 5.32 Å². The number of allylic oxidation sites excluding steroid dienone is 1. The van der Waals surface area contributed by atoms with E-state index in [1.165, 1.54) is 6.26 Å². The lowest BCUT2D eigenvalue weighted by Crippen LogP contribution is -2.15. The van der Waals surface area contributed by atoms with Gasteiger partial charge in [-0.05, 0) is 54.3 Å². The predicted molar refractivity (Wildman–Crippen MR) is 97.5 cm³/mol. The molecule has 126 valence electrons. The highest BCUT2D eigenvalue weighted by molar-refractivity contribution is 7.90. The fourth-order valence-electron chi connectivity index (χ4n) is 2.92. The van der Waals surface area contributed by atoms with Crippen molar-refractivity contribution in [3.05, 3.63) is 58.1 Å². The number of sulfone groups is 1. The van der Waals surface area contributed by atoms with Crippen molar-refractivity contribution < 1.29 is 13.5 Å². The maximum Gasteiger partial charge on any atom is 0.175 e. The smallest absolute Gasteiger partial charge is 0.175 e. The lowest BCUT2D eigenvalue weighted by atomic mass is 9.91. The molecule has 1 aliphatic rings. The molecular formula is C18H18ClNO3S. The van der Waals surface area contributed by atoms with Crippen molar-refractivity contribution in [1.29, 1.82) is 0 Å². The zero-order valence-electron chi connectivity index (χ0n) is 13.4. The summed E-state index contributed by atoms with van der Waals surface area (Å²) in [4.78, 5) is 0.313. The van der Waals surface area contributed by atoms with Crippen molar-refractivity contribution in [2.45, 2.75) is 18.2 Å². The van der Waals surface area contributed by atoms with Gasteiger partial charge in [0.2, 0.25) is 0 Å². The normalized spacial score (nSPS) is 14.3. The van der Waals surface area contributed by atoms with Gasteiger partial charge < -0.3 is 10.4 Å². The zero-order valence-corrected chi connectivity index (χ0v) is 15.0. The van der Waals surface area contributed by atoms with Crippen LogP contribution in [0.5, 0.6) is 5.75 Å². The largest absolute Gasteiger partial charge is 0.507 e. The molecule has 0 radical (unpaired) electrons. The standard InChI is InChI=1S/C18H18ClNO3S/c1-11-13(9-12-3-5-14(6-4-12)24(2,22)23)10-20-18-15(19)7-8-16(21)17(11)18/h3-8,20-21H,9-10H2,1-2H3. The maximum absolute atomic E-state index is 11.5. The molecule has 6 heteroatoms. The number of benzene rings is 2. The third-order valence-electron chi connectivity index (χ3n) is 4.29. The van der Waals surface area contributed by atoms with Crippen LogP contribution in [0, 0.1) is 0 Å². The number of nitrogens with one attached hydrogen (secondary N) is 1. The van der Waals surface area contributed by atoms with Gasteiger partial charge in [0.1, 0.15) is 5.75 Å². The highest BCUT2D eigenvalue weighted by atomic mass is 35.5. The zero-order chi connectivity index (χ0) is 17.5. The number of phenolic OH excluding ortho intramolecular Hbond substituents is 1. The minimum atomic E-state index is -3.19. The highest BCUT2D eigenvalue weighted by Gasteiger charge is 2.21. The number of phenols is 1. The minimum absolute atomic E-state index is 0.198. The summed E-state index contributed by atoms with van der Waals surface area (Å²) >= 11 is 6.19. The number of aromatic hydroxyl groups is 1. The van der Waals surface area contributed by atoms with Gasteiger partial charge in [0.25, 0.3) is 0 Å². The second kappa shape index (κ2) is 6.15. The van der Waals surface area contributed by atoms with Crippen molar-refractivity contribution in [1.82, 2.24) is 0 Å². The molecule has 0 bridgehead atoms. The van der Waals surface area contributed by atoms with Gasteiger partial charge in [0.05, 0.1) is 15.6 Å². The van der Waals surface area contributed by atoms with Crippen LogP contribution in [0.4, 0.5) is 5.69 Å². The van der Waals surface area contributed by atoms with Crippen LogP contribution in [-0.4, -0.2) is 26.3 Å². The van der Waals surface area contributed by atoms with Gasteiger partial charge >= 0.3 is 0 Å². The second-order valence-corrected chi connectivity index (χ2v) is 8.41. The molecule has 0 fully saturated rings. The molecule has 4 nitrogen and oxygen atoms in total. The van der Waals surface area contributed by atoms with Gasteiger partial charge in [-0.1, -0.05) is 23.7 Å². The van der Waals surface area contributed by atoms with Crippen molar-refractivity contribution >= 4 is 32.7 Å². The Kier molecular flexibility index (Phi) is 4.32. The predicted octanol–water partition coefficient (Wildman–Crippen LogP) is 3.89. The summed E-state index contributed by atoms with van der Waals surface area (Å²) < 4.78 is 23.1. The van der Waals surface area contributed by atoms with Crippen LogP contribution in [0.2, 0.25) is 5.02 Å². The number of hydrogen-bond acceptors (Lipinski definition) is 4. The Labute approximate surface area is 146 Å². The highest BCUT2D eigenvalue weighted by Crippen LogP contribution is 2.41. The van der Waals surface area contributed by atoms with E-state index in [-0.39, 0.29) is 5.75 Å². The van der Waals surface area contributed by atoms with E-state index in [0.717, 1.165) is 28.0 Å². The summed E-state index contributed by atoms with van der Waals surface area (Å²) in [5.74, 6) is 0.198. The first kappa shape index (κ1) is 16.9. The summed E-state index contributed by atoms with van der Waals surface area (Å²) in [5.41, 5.74) is 4.63. The van der Waals surface area contributed by atoms with Crippen molar-refractivity contribution in [2.24, 2.45) is 0 Å². The van der Waals surface area contributed by atoms with E-state index in [1.54, 1.807) is 24.3 Å². The van der Waals surface area contributed by atoms with Gasteiger partial charge in [0.15, 0.2) is 9.84 Å². The molecule has 24 heavy (non-hydrogen) atoms. The Morgan fingerprint density at radius 1 is 1.17 bits per heavy atom. The van der Waals surface area contributed by atoms with Gasteiger partial charge in [-0.2, -0.15) is 0 Å². The van der Waals surface area contributed by atoms with E-state index >= 15 is 0 Å². The first-order valence-electron chi connectivity index (χ1n) is 7.50. The Morgan fingerprint density at radius 2 is 1.83 bits per heavy atom.